The molecule has 0 atom stereocenters. The second-order valence-corrected chi connectivity index (χ2v) is 7.55. The van der Waals surface area contributed by atoms with Gasteiger partial charge < -0.3 is 19.5 Å². The molecule has 3 rings (SSSR count). The van der Waals surface area contributed by atoms with Crippen LogP contribution in [0.5, 0.6) is 11.5 Å². The summed E-state index contributed by atoms with van der Waals surface area (Å²) in [6, 6.07) is 11.3. The molecule has 1 aliphatic heterocycles. The number of amides is 1. The van der Waals surface area contributed by atoms with Gasteiger partial charge in [0.05, 0.1) is 0 Å². The van der Waals surface area contributed by atoms with Crippen LogP contribution >= 0.6 is 0 Å². The minimum atomic E-state index is -0.619. The van der Waals surface area contributed by atoms with E-state index >= 15 is 0 Å². The standard InChI is InChI=1S/C22H25NO5/c1-14-7-5-8-15(2)20(14)23-18(24)12-27-19(25)13-26-17-10-6-9-16-11-22(3,4)28-21(16)17/h5-10H,11-13H2,1-4H3,(H,23,24). The summed E-state index contributed by atoms with van der Waals surface area (Å²) in [5.41, 5.74) is 3.38. The third kappa shape index (κ3) is 4.63. The molecular formula is C22H25NO5. The van der Waals surface area contributed by atoms with E-state index in [0.717, 1.165) is 28.8 Å². The summed E-state index contributed by atoms with van der Waals surface area (Å²) in [5.74, 6) is 0.149. The van der Waals surface area contributed by atoms with Crippen LogP contribution in [-0.4, -0.2) is 30.7 Å². The van der Waals surface area contributed by atoms with Gasteiger partial charge in [0.2, 0.25) is 0 Å². The van der Waals surface area contributed by atoms with Gasteiger partial charge >= 0.3 is 5.97 Å². The van der Waals surface area contributed by atoms with E-state index in [-0.39, 0.29) is 18.8 Å². The molecule has 0 radical (unpaired) electrons. The number of para-hydroxylation sites is 2. The van der Waals surface area contributed by atoms with Gasteiger partial charge in [0.25, 0.3) is 5.91 Å². The van der Waals surface area contributed by atoms with E-state index in [9.17, 15) is 9.59 Å². The minimum absolute atomic E-state index is 0.295. The molecule has 0 fully saturated rings. The fraction of sp³-hybridized carbons (Fsp3) is 0.364. The summed E-state index contributed by atoms with van der Waals surface area (Å²) in [6.45, 7) is 7.15. The third-order valence-electron chi connectivity index (χ3n) is 4.51. The first-order valence-electron chi connectivity index (χ1n) is 9.20. The average Bonchev–Trinajstić information content (AvgIpc) is 2.95. The summed E-state index contributed by atoms with van der Waals surface area (Å²) in [5, 5.41) is 2.77. The molecule has 1 aliphatic rings. The quantitative estimate of drug-likeness (QED) is 0.772. The fourth-order valence-electron chi connectivity index (χ4n) is 3.21. The molecule has 6 nitrogen and oxygen atoms in total. The first-order chi connectivity index (χ1) is 13.2. The molecule has 1 heterocycles. The molecule has 0 saturated heterocycles. The van der Waals surface area contributed by atoms with E-state index < -0.39 is 11.9 Å². The van der Waals surface area contributed by atoms with Gasteiger partial charge in [-0.2, -0.15) is 0 Å². The van der Waals surface area contributed by atoms with Crippen molar-refractivity contribution in [3.05, 3.63) is 53.1 Å². The maximum absolute atomic E-state index is 12.1. The van der Waals surface area contributed by atoms with Gasteiger partial charge in [-0.1, -0.05) is 30.3 Å². The Morgan fingerprint density at radius 1 is 1.07 bits per heavy atom. The van der Waals surface area contributed by atoms with Gasteiger partial charge in [-0.05, 0) is 44.9 Å². The van der Waals surface area contributed by atoms with Crippen LogP contribution in [0.25, 0.3) is 0 Å². The van der Waals surface area contributed by atoms with Gasteiger partial charge in [0.15, 0.2) is 24.7 Å². The largest absolute Gasteiger partial charge is 0.483 e. The summed E-state index contributed by atoms with van der Waals surface area (Å²) in [7, 11) is 0. The SMILES string of the molecule is Cc1cccc(C)c1NC(=O)COC(=O)COc1cccc2c1OC(C)(C)C2. The van der Waals surface area contributed by atoms with Gasteiger partial charge in [-0.15, -0.1) is 0 Å². The highest BCUT2D eigenvalue weighted by atomic mass is 16.6. The maximum Gasteiger partial charge on any atom is 0.344 e. The Morgan fingerprint density at radius 3 is 2.46 bits per heavy atom. The lowest BCUT2D eigenvalue weighted by atomic mass is 10.0. The molecule has 6 heteroatoms. The predicted octanol–water partition coefficient (Wildman–Crippen LogP) is 3.58. The van der Waals surface area contributed by atoms with E-state index in [4.69, 9.17) is 14.2 Å². The molecule has 1 amide bonds. The smallest absolute Gasteiger partial charge is 0.344 e. The Kier molecular flexibility index (Phi) is 5.58. The molecule has 0 bridgehead atoms. The van der Waals surface area contributed by atoms with E-state index in [1.165, 1.54) is 0 Å². The Labute approximate surface area is 164 Å². The molecule has 0 spiro atoms. The van der Waals surface area contributed by atoms with Crippen LogP contribution in [0.1, 0.15) is 30.5 Å². The number of benzene rings is 2. The predicted molar refractivity (Wildman–Crippen MR) is 106 cm³/mol. The number of ether oxygens (including phenoxy) is 3. The monoisotopic (exact) mass is 383 g/mol. The zero-order chi connectivity index (χ0) is 20.3. The molecule has 0 saturated carbocycles. The molecule has 0 unspecified atom stereocenters. The Balaban J connectivity index is 1.50. The van der Waals surface area contributed by atoms with Gasteiger partial charge in [-0.3, -0.25) is 4.79 Å². The number of anilines is 1. The van der Waals surface area contributed by atoms with Crippen LogP contribution < -0.4 is 14.8 Å². The Morgan fingerprint density at radius 2 is 1.75 bits per heavy atom. The van der Waals surface area contributed by atoms with E-state index in [1.54, 1.807) is 6.07 Å². The Bertz CT molecular complexity index is 884. The number of rotatable bonds is 6. The second kappa shape index (κ2) is 7.92. The first kappa shape index (κ1) is 19.7. The van der Waals surface area contributed by atoms with Crippen LogP contribution in [0.15, 0.2) is 36.4 Å². The number of nitrogens with one attached hydrogen (secondary N) is 1. The van der Waals surface area contributed by atoms with Crippen molar-refractivity contribution in [3.63, 3.8) is 0 Å². The fourth-order valence-corrected chi connectivity index (χ4v) is 3.21. The lowest BCUT2D eigenvalue weighted by Gasteiger charge is -2.18. The summed E-state index contributed by atoms with van der Waals surface area (Å²) >= 11 is 0. The highest BCUT2D eigenvalue weighted by molar-refractivity contribution is 5.94. The van der Waals surface area contributed by atoms with Crippen molar-refractivity contribution in [1.29, 1.82) is 0 Å². The summed E-state index contributed by atoms with van der Waals surface area (Å²) < 4.78 is 16.5. The second-order valence-electron chi connectivity index (χ2n) is 7.55. The first-order valence-corrected chi connectivity index (χ1v) is 9.20. The minimum Gasteiger partial charge on any atom is -0.483 e. The van der Waals surface area contributed by atoms with Crippen LogP contribution in [0.2, 0.25) is 0 Å². The molecule has 0 aliphatic carbocycles. The normalized spacial score (nSPS) is 14.0. The molecule has 28 heavy (non-hydrogen) atoms. The topological polar surface area (TPSA) is 73.9 Å². The van der Waals surface area contributed by atoms with Crippen LogP contribution in [-0.2, 0) is 20.7 Å². The number of aryl methyl sites for hydroxylation is 2. The van der Waals surface area contributed by atoms with E-state index in [1.807, 2.05) is 58.0 Å². The molecule has 1 N–H and O–H groups in total. The zero-order valence-electron chi connectivity index (χ0n) is 16.6. The van der Waals surface area contributed by atoms with Crippen LogP contribution in [0, 0.1) is 13.8 Å². The lowest BCUT2D eigenvalue weighted by Crippen LogP contribution is -2.25. The number of carbonyl (C=O) groups is 2. The summed E-state index contributed by atoms with van der Waals surface area (Å²) in [6.07, 6.45) is 0.780. The van der Waals surface area contributed by atoms with Crippen molar-refractivity contribution in [2.45, 2.75) is 39.7 Å². The molecule has 0 aromatic heterocycles. The van der Waals surface area contributed by atoms with E-state index in [2.05, 4.69) is 5.32 Å². The van der Waals surface area contributed by atoms with Crippen molar-refractivity contribution in [2.75, 3.05) is 18.5 Å². The third-order valence-corrected chi connectivity index (χ3v) is 4.51. The summed E-state index contributed by atoms with van der Waals surface area (Å²) in [4.78, 5) is 24.0. The molecule has 148 valence electrons. The van der Waals surface area contributed by atoms with Crippen molar-refractivity contribution in [2.24, 2.45) is 0 Å². The average molecular weight is 383 g/mol. The number of carbonyl (C=O) groups excluding carboxylic acids is 2. The van der Waals surface area contributed by atoms with Crippen molar-refractivity contribution >= 4 is 17.6 Å². The highest BCUT2D eigenvalue weighted by Crippen LogP contribution is 2.41. The van der Waals surface area contributed by atoms with Gasteiger partial charge in [-0.25, -0.2) is 4.79 Å². The number of hydrogen-bond donors (Lipinski definition) is 1. The molecular weight excluding hydrogens is 358 g/mol. The molecule has 2 aromatic rings. The van der Waals surface area contributed by atoms with Crippen LogP contribution in [0.3, 0.4) is 0 Å². The van der Waals surface area contributed by atoms with Crippen molar-refractivity contribution < 1.29 is 23.8 Å². The number of esters is 1. The lowest BCUT2D eigenvalue weighted by molar-refractivity contribution is -0.149. The van der Waals surface area contributed by atoms with Crippen molar-refractivity contribution in [1.82, 2.24) is 0 Å². The number of hydrogen-bond acceptors (Lipinski definition) is 5. The van der Waals surface area contributed by atoms with Gasteiger partial charge in [0.1, 0.15) is 5.60 Å². The maximum atomic E-state index is 12.1. The zero-order valence-corrected chi connectivity index (χ0v) is 16.6. The van der Waals surface area contributed by atoms with E-state index in [0.29, 0.717) is 11.5 Å². The Hall–Kier alpha value is -3.02. The van der Waals surface area contributed by atoms with Gasteiger partial charge in [0, 0.05) is 17.7 Å². The van der Waals surface area contributed by atoms with Crippen LogP contribution in [0.4, 0.5) is 5.69 Å². The molecule has 2 aromatic carbocycles. The number of fused-ring (bicyclic) bond motifs is 1. The van der Waals surface area contributed by atoms with Crippen molar-refractivity contribution in [3.8, 4) is 11.5 Å². The highest BCUT2D eigenvalue weighted by Gasteiger charge is 2.32.